The number of aliphatic hydroxyl groups is 1. The maximum absolute atomic E-state index is 12.5. The summed E-state index contributed by atoms with van der Waals surface area (Å²) >= 11 is 0. The Labute approximate surface area is 174 Å². The largest absolute Gasteiger partial charge is 0.462 e. The van der Waals surface area contributed by atoms with Gasteiger partial charge in [-0.05, 0) is 49.0 Å². The molecular weight excluding hydrogens is 368 g/mol. The van der Waals surface area contributed by atoms with Crippen LogP contribution in [0.1, 0.15) is 66.2 Å². The molecule has 0 spiro atoms. The first-order valence-corrected chi connectivity index (χ1v) is 11.3. The van der Waals surface area contributed by atoms with Crippen molar-refractivity contribution in [1.29, 1.82) is 0 Å². The van der Waals surface area contributed by atoms with Gasteiger partial charge in [0, 0.05) is 12.3 Å². The second-order valence-electron chi connectivity index (χ2n) is 9.36. The molecule has 0 saturated carbocycles. The quantitative estimate of drug-likeness (QED) is 0.672. The summed E-state index contributed by atoms with van der Waals surface area (Å²) in [7, 11) is 0. The molecule has 162 valence electrons. The highest BCUT2D eigenvalue weighted by Gasteiger charge is 2.42. The third-order valence-corrected chi connectivity index (χ3v) is 6.93. The number of cyclic esters (lactones) is 1. The molecule has 1 aliphatic heterocycles. The summed E-state index contributed by atoms with van der Waals surface area (Å²) in [5.41, 5.74) is 1.27. The second kappa shape index (κ2) is 9.46. The third kappa shape index (κ3) is 5.30. The van der Waals surface area contributed by atoms with Gasteiger partial charge in [0.05, 0.1) is 18.4 Å². The normalized spacial score (nSPS) is 37.9. The smallest absolute Gasteiger partial charge is 0.308 e. The number of hydrogen-bond acceptors (Lipinski definition) is 5. The van der Waals surface area contributed by atoms with E-state index in [0.29, 0.717) is 24.2 Å². The van der Waals surface area contributed by atoms with Crippen molar-refractivity contribution in [2.24, 2.45) is 29.6 Å². The van der Waals surface area contributed by atoms with Gasteiger partial charge in [-0.3, -0.25) is 9.59 Å². The molecule has 0 unspecified atom stereocenters. The van der Waals surface area contributed by atoms with E-state index in [1.54, 1.807) is 0 Å². The fraction of sp³-hybridized carbons (Fsp3) is 0.750. The number of aliphatic hydroxyl groups excluding tert-OH is 1. The maximum Gasteiger partial charge on any atom is 0.308 e. The zero-order valence-electron chi connectivity index (χ0n) is 18.2. The summed E-state index contributed by atoms with van der Waals surface area (Å²) < 4.78 is 11.5. The van der Waals surface area contributed by atoms with Crippen molar-refractivity contribution in [2.45, 2.75) is 84.5 Å². The van der Waals surface area contributed by atoms with Crippen LogP contribution in [0, 0.1) is 29.6 Å². The molecule has 0 amide bonds. The number of rotatable bonds is 6. The van der Waals surface area contributed by atoms with E-state index in [1.807, 2.05) is 13.8 Å². The van der Waals surface area contributed by atoms with Crippen LogP contribution in [-0.4, -0.2) is 35.4 Å². The highest BCUT2D eigenvalue weighted by atomic mass is 16.5. The van der Waals surface area contributed by atoms with Crippen LogP contribution in [-0.2, 0) is 19.1 Å². The van der Waals surface area contributed by atoms with Gasteiger partial charge >= 0.3 is 11.9 Å². The standard InChI is InChI=1S/C24H36O5/c1-5-15(3)24(27)29-21-11-14(2)10-17-7-6-16(4)20(23(17)21)9-8-19-12-18(25)13-22(26)28-19/h6-7,10,14-16,18-21,23,25H,5,8-9,11-13H2,1-4H3/t14-,15-,16-,18+,19-,20-,21-,23-/m1/s1. The van der Waals surface area contributed by atoms with Crippen molar-refractivity contribution < 1.29 is 24.2 Å². The van der Waals surface area contributed by atoms with E-state index in [9.17, 15) is 14.7 Å². The minimum atomic E-state index is -0.597. The van der Waals surface area contributed by atoms with Crippen LogP contribution < -0.4 is 0 Å². The lowest BCUT2D eigenvalue weighted by atomic mass is 9.65. The predicted octanol–water partition coefficient (Wildman–Crippen LogP) is 4.20. The molecule has 3 rings (SSSR count). The Kier molecular flexibility index (Phi) is 7.20. The molecule has 0 radical (unpaired) electrons. The summed E-state index contributed by atoms with van der Waals surface area (Å²) in [4.78, 5) is 24.2. The Morgan fingerprint density at radius 2 is 2.07 bits per heavy atom. The molecule has 1 N–H and O–H groups in total. The molecule has 1 fully saturated rings. The van der Waals surface area contributed by atoms with Crippen molar-refractivity contribution in [3.63, 3.8) is 0 Å². The molecule has 1 saturated heterocycles. The molecular formula is C24H36O5. The SMILES string of the molecule is CC[C@@H](C)C(=O)O[C@@H]1C[C@H](C)C=C2C=C[C@@H](C)[C@@H](CC[C@@H]3C[C@H](O)CC(=O)O3)[C@@H]21. The van der Waals surface area contributed by atoms with Gasteiger partial charge in [0.1, 0.15) is 12.2 Å². The van der Waals surface area contributed by atoms with Gasteiger partial charge in [0.15, 0.2) is 0 Å². The molecule has 0 bridgehead atoms. The molecule has 5 nitrogen and oxygen atoms in total. The predicted molar refractivity (Wildman–Crippen MR) is 111 cm³/mol. The summed E-state index contributed by atoms with van der Waals surface area (Å²) in [6, 6.07) is 0. The van der Waals surface area contributed by atoms with Crippen LogP contribution in [0.3, 0.4) is 0 Å². The second-order valence-corrected chi connectivity index (χ2v) is 9.36. The Balaban J connectivity index is 1.74. The summed E-state index contributed by atoms with van der Waals surface area (Å²) in [5.74, 6) is 0.755. The van der Waals surface area contributed by atoms with E-state index in [4.69, 9.17) is 9.47 Å². The van der Waals surface area contributed by atoms with Crippen molar-refractivity contribution in [3.05, 3.63) is 23.8 Å². The Bertz CT molecular complexity index is 666. The average molecular weight is 405 g/mol. The fourth-order valence-electron chi connectivity index (χ4n) is 5.07. The van der Waals surface area contributed by atoms with Crippen molar-refractivity contribution in [3.8, 4) is 0 Å². The van der Waals surface area contributed by atoms with Gasteiger partial charge in [-0.25, -0.2) is 0 Å². The summed E-state index contributed by atoms with van der Waals surface area (Å²) in [6.07, 6.45) is 9.70. The van der Waals surface area contributed by atoms with E-state index in [-0.39, 0.29) is 42.4 Å². The Morgan fingerprint density at radius 1 is 1.31 bits per heavy atom. The van der Waals surface area contributed by atoms with Crippen LogP contribution >= 0.6 is 0 Å². The van der Waals surface area contributed by atoms with Crippen molar-refractivity contribution in [2.75, 3.05) is 0 Å². The van der Waals surface area contributed by atoms with E-state index in [2.05, 4.69) is 32.1 Å². The minimum absolute atomic E-state index is 0.0854. The van der Waals surface area contributed by atoms with Gasteiger partial charge in [-0.2, -0.15) is 0 Å². The lowest BCUT2D eigenvalue weighted by Crippen LogP contribution is -2.42. The van der Waals surface area contributed by atoms with Crippen LogP contribution in [0.25, 0.3) is 0 Å². The molecule has 2 aliphatic carbocycles. The third-order valence-electron chi connectivity index (χ3n) is 6.93. The van der Waals surface area contributed by atoms with E-state index >= 15 is 0 Å². The van der Waals surface area contributed by atoms with Crippen molar-refractivity contribution >= 4 is 11.9 Å². The average Bonchev–Trinajstić information content (AvgIpc) is 2.65. The number of allylic oxidation sites excluding steroid dienone is 3. The van der Waals surface area contributed by atoms with Crippen LogP contribution in [0.15, 0.2) is 23.8 Å². The highest BCUT2D eigenvalue weighted by molar-refractivity contribution is 5.72. The minimum Gasteiger partial charge on any atom is -0.462 e. The fourth-order valence-corrected chi connectivity index (χ4v) is 5.07. The zero-order valence-corrected chi connectivity index (χ0v) is 18.2. The van der Waals surface area contributed by atoms with Gasteiger partial charge in [0.2, 0.25) is 0 Å². The molecule has 0 aromatic carbocycles. The first-order valence-electron chi connectivity index (χ1n) is 11.3. The van der Waals surface area contributed by atoms with Crippen LogP contribution in [0.2, 0.25) is 0 Å². The number of carbonyl (C=O) groups excluding carboxylic acids is 2. The van der Waals surface area contributed by atoms with Gasteiger partial charge in [-0.1, -0.05) is 45.9 Å². The number of esters is 2. The lowest BCUT2D eigenvalue weighted by molar-refractivity contribution is -0.162. The van der Waals surface area contributed by atoms with Crippen LogP contribution in [0.4, 0.5) is 0 Å². The first kappa shape index (κ1) is 22.1. The van der Waals surface area contributed by atoms with Gasteiger partial charge < -0.3 is 14.6 Å². The number of hydrogen-bond donors (Lipinski definition) is 1. The highest BCUT2D eigenvalue weighted by Crippen LogP contribution is 2.45. The summed E-state index contributed by atoms with van der Waals surface area (Å²) in [6.45, 7) is 8.33. The number of carbonyl (C=O) groups is 2. The number of fused-ring (bicyclic) bond motifs is 1. The molecule has 8 atom stereocenters. The van der Waals surface area contributed by atoms with Gasteiger partial charge in [0.25, 0.3) is 0 Å². The van der Waals surface area contributed by atoms with Crippen molar-refractivity contribution in [1.82, 2.24) is 0 Å². The molecule has 0 aromatic rings. The monoisotopic (exact) mass is 404 g/mol. The first-order chi connectivity index (χ1) is 13.8. The summed E-state index contributed by atoms with van der Waals surface area (Å²) in [5, 5.41) is 9.89. The number of ether oxygens (including phenoxy) is 2. The van der Waals surface area contributed by atoms with Crippen LogP contribution in [0.5, 0.6) is 0 Å². The Hall–Kier alpha value is -1.62. The van der Waals surface area contributed by atoms with Gasteiger partial charge in [-0.15, -0.1) is 0 Å². The molecule has 3 aliphatic rings. The Morgan fingerprint density at radius 3 is 2.76 bits per heavy atom. The van der Waals surface area contributed by atoms with E-state index in [1.165, 1.54) is 5.57 Å². The zero-order chi connectivity index (χ0) is 21.1. The van der Waals surface area contributed by atoms with E-state index in [0.717, 1.165) is 25.7 Å². The lowest BCUT2D eigenvalue weighted by Gasteiger charge is -2.43. The molecule has 0 aromatic heterocycles. The topological polar surface area (TPSA) is 72.8 Å². The molecule has 29 heavy (non-hydrogen) atoms. The molecule has 5 heteroatoms. The molecule has 1 heterocycles. The maximum atomic E-state index is 12.5. The van der Waals surface area contributed by atoms with E-state index < -0.39 is 6.10 Å².